The topological polar surface area (TPSA) is 58.6 Å². The van der Waals surface area contributed by atoms with Crippen molar-refractivity contribution in [1.29, 1.82) is 0 Å². The smallest absolute Gasteiger partial charge is 0.326 e. The van der Waals surface area contributed by atoms with Crippen molar-refractivity contribution in [1.82, 2.24) is 5.32 Å². The molecular weight excluding hydrogens is 254 g/mol. The van der Waals surface area contributed by atoms with Crippen LogP contribution in [0.3, 0.4) is 0 Å². The minimum absolute atomic E-state index is 0.235. The molecule has 2 saturated carbocycles. The third-order valence-electron chi connectivity index (χ3n) is 4.98. The lowest BCUT2D eigenvalue weighted by Crippen LogP contribution is -2.58. The van der Waals surface area contributed by atoms with Gasteiger partial charge in [0, 0.05) is 0 Å². The van der Waals surface area contributed by atoms with Crippen LogP contribution in [-0.4, -0.2) is 35.9 Å². The average molecular weight is 283 g/mol. The molecule has 116 valence electrons. The largest absolute Gasteiger partial charge is 0.480 e. The van der Waals surface area contributed by atoms with Gasteiger partial charge in [-0.15, -0.1) is 0 Å². The number of rotatable bonds is 7. The van der Waals surface area contributed by atoms with E-state index in [0.29, 0.717) is 18.6 Å². The standard InChI is InChI=1S/C16H29NO3/c1-4-17-16(14(18)19,12-5-6-12)11-20-13-7-9-15(2,3)10-8-13/h12-13,17H,4-11H2,1-3H3,(H,18,19). The first-order valence-electron chi connectivity index (χ1n) is 8.00. The molecule has 20 heavy (non-hydrogen) atoms. The minimum atomic E-state index is -0.859. The SMILES string of the molecule is CCNC(COC1CCC(C)(C)CC1)(C(=O)O)C1CC1. The van der Waals surface area contributed by atoms with E-state index in [1.807, 2.05) is 6.92 Å². The molecule has 0 aromatic heterocycles. The maximum Gasteiger partial charge on any atom is 0.326 e. The summed E-state index contributed by atoms with van der Waals surface area (Å²) in [5.41, 5.74) is -0.441. The van der Waals surface area contributed by atoms with Gasteiger partial charge in [0.1, 0.15) is 5.54 Å². The summed E-state index contributed by atoms with van der Waals surface area (Å²) >= 11 is 0. The van der Waals surface area contributed by atoms with Crippen LogP contribution in [0.4, 0.5) is 0 Å². The van der Waals surface area contributed by atoms with Gasteiger partial charge in [-0.05, 0) is 56.4 Å². The van der Waals surface area contributed by atoms with E-state index in [1.54, 1.807) is 0 Å². The third-order valence-corrected chi connectivity index (χ3v) is 4.98. The number of carbonyl (C=O) groups is 1. The van der Waals surface area contributed by atoms with Crippen LogP contribution in [0.1, 0.15) is 59.3 Å². The van der Waals surface area contributed by atoms with Crippen LogP contribution >= 0.6 is 0 Å². The van der Waals surface area contributed by atoms with E-state index in [4.69, 9.17) is 4.74 Å². The molecule has 1 unspecified atom stereocenters. The summed E-state index contributed by atoms with van der Waals surface area (Å²) in [6, 6.07) is 0. The van der Waals surface area contributed by atoms with Crippen molar-refractivity contribution in [2.75, 3.05) is 13.2 Å². The Morgan fingerprint density at radius 2 is 1.90 bits per heavy atom. The van der Waals surface area contributed by atoms with E-state index in [9.17, 15) is 9.90 Å². The van der Waals surface area contributed by atoms with Crippen LogP contribution in [0.15, 0.2) is 0 Å². The van der Waals surface area contributed by atoms with Crippen molar-refractivity contribution in [2.24, 2.45) is 11.3 Å². The van der Waals surface area contributed by atoms with Crippen LogP contribution in [0, 0.1) is 11.3 Å². The van der Waals surface area contributed by atoms with Gasteiger partial charge in [-0.2, -0.15) is 0 Å². The van der Waals surface area contributed by atoms with Crippen LogP contribution in [0.5, 0.6) is 0 Å². The fourth-order valence-corrected chi connectivity index (χ4v) is 3.31. The zero-order chi connectivity index (χ0) is 14.8. The molecule has 2 fully saturated rings. The Balaban J connectivity index is 1.91. The van der Waals surface area contributed by atoms with Crippen LogP contribution in [-0.2, 0) is 9.53 Å². The van der Waals surface area contributed by atoms with Gasteiger partial charge in [0.15, 0.2) is 0 Å². The first-order valence-corrected chi connectivity index (χ1v) is 8.00. The molecule has 1 atom stereocenters. The highest BCUT2D eigenvalue weighted by Gasteiger charge is 2.51. The van der Waals surface area contributed by atoms with E-state index < -0.39 is 11.5 Å². The monoisotopic (exact) mass is 283 g/mol. The maximum absolute atomic E-state index is 11.7. The van der Waals surface area contributed by atoms with Crippen molar-refractivity contribution in [3.05, 3.63) is 0 Å². The van der Waals surface area contributed by atoms with Gasteiger partial charge in [0.05, 0.1) is 12.7 Å². The summed E-state index contributed by atoms with van der Waals surface area (Å²) in [5, 5.41) is 12.8. The first kappa shape index (κ1) is 15.8. The van der Waals surface area contributed by atoms with Crippen molar-refractivity contribution in [3.8, 4) is 0 Å². The second-order valence-electron chi connectivity index (χ2n) is 7.26. The zero-order valence-corrected chi connectivity index (χ0v) is 13.1. The Morgan fingerprint density at radius 3 is 2.35 bits per heavy atom. The van der Waals surface area contributed by atoms with Gasteiger partial charge in [0.25, 0.3) is 0 Å². The molecule has 0 aromatic carbocycles. The Morgan fingerprint density at radius 1 is 1.30 bits per heavy atom. The number of ether oxygens (including phenoxy) is 1. The molecule has 0 amide bonds. The van der Waals surface area contributed by atoms with E-state index >= 15 is 0 Å². The van der Waals surface area contributed by atoms with Gasteiger partial charge in [-0.25, -0.2) is 0 Å². The molecule has 2 N–H and O–H groups in total. The number of hydrogen-bond acceptors (Lipinski definition) is 3. The minimum Gasteiger partial charge on any atom is -0.480 e. The van der Waals surface area contributed by atoms with E-state index in [-0.39, 0.29) is 12.0 Å². The molecule has 2 aliphatic carbocycles. The number of carboxylic acids is 1. The fraction of sp³-hybridized carbons (Fsp3) is 0.938. The first-order chi connectivity index (χ1) is 9.39. The summed E-state index contributed by atoms with van der Waals surface area (Å²) < 4.78 is 6.01. The summed E-state index contributed by atoms with van der Waals surface area (Å²) in [6.07, 6.45) is 6.68. The molecule has 0 aliphatic heterocycles. The Kier molecular flexibility index (Phi) is 4.75. The van der Waals surface area contributed by atoms with Gasteiger partial charge in [-0.3, -0.25) is 10.1 Å². The fourth-order valence-electron chi connectivity index (χ4n) is 3.31. The van der Waals surface area contributed by atoms with Gasteiger partial charge >= 0.3 is 5.97 Å². The maximum atomic E-state index is 11.7. The predicted molar refractivity (Wildman–Crippen MR) is 78.8 cm³/mol. The summed E-state index contributed by atoms with van der Waals surface area (Å²) in [6.45, 7) is 7.54. The normalized spacial score (nSPS) is 26.1. The molecular formula is C16H29NO3. The van der Waals surface area contributed by atoms with E-state index in [1.165, 1.54) is 12.8 Å². The molecule has 2 rings (SSSR count). The Hall–Kier alpha value is -0.610. The average Bonchev–Trinajstić information content (AvgIpc) is 3.20. The number of aliphatic carboxylic acids is 1. The Bertz CT molecular complexity index is 342. The molecule has 2 aliphatic rings. The highest BCUT2D eigenvalue weighted by Crippen LogP contribution is 2.41. The summed E-state index contributed by atoms with van der Waals surface area (Å²) in [4.78, 5) is 11.7. The Labute approximate surface area is 122 Å². The predicted octanol–water partition coefficient (Wildman–Crippen LogP) is 2.81. The summed E-state index contributed by atoms with van der Waals surface area (Å²) in [5.74, 6) is -0.516. The lowest BCUT2D eigenvalue weighted by molar-refractivity contribution is -0.151. The van der Waals surface area contributed by atoms with Crippen LogP contribution in [0.2, 0.25) is 0 Å². The molecule has 0 bridgehead atoms. The van der Waals surface area contributed by atoms with E-state index in [2.05, 4.69) is 19.2 Å². The van der Waals surface area contributed by atoms with E-state index in [0.717, 1.165) is 25.7 Å². The van der Waals surface area contributed by atoms with Gasteiger partial charge in [0.2, 0.25) is 0 Å². The lowest BCUT2D eigenvalue weighted by atomic mass is 9.76. The second kappa shape index (κ2) is 6.02. The van der Waals surface area contributed by atoms with Crippen molar-refractivity contribution >= 4 is 5.97 Å². The molecule has 0 radical (unpaired) electrons. The second-order valence-corrected chi connectivity index (χ2v) is 7.26. The summed E-state index contributed by atoms with van der Waals surface area (Å²) in [7, 11) is 0. The van der Waals surface area contributed by atoms with Crippen molar-refractivity contribution in [3.63, 3.8) is 0 Å². The number of carboxylic acid groups (broad SMARTS) is 1. The lowest BCUT2D eigenvalue weighted by Gasteiger charge is -2.37. The molecule has 0 heterocycles. The molecule has 0 saturated heterocycles. The number of hydrogen-bond donors (Lipinski definition) is 2. The highest BCUT2D eigenvalue weighted by atomic mass is 16.5. The molecule has 4 nitrogen and oxygen atoms in total. The van der Waals surface area contributed by atoms with Crippen molar-refractivity contribution < 1.29 is 14.6 Å². The number of nitrogens with one attached hydrogen (secondary N) is 1. The third kappa shape index (κ3) is 3.53. The van der Waals surface area contributed by atoms with Crippen LogP contribution in [0.25, 0.3) is 0 Å². The molecule has 4 heteroatoms. The van der Waals surface area contributed by atoms with Gasteiger partial charge in [-0.1, -0.05) is 20.8 Å². The number of likely N-dealkylation sites (N-methyl/N-ethyl adjacent to an activating group) is 1. The molecule has 0 aromatic rings. The van der Waals surface area contributed by atoms with Crippen LogP contribution < -0.4 is 5.32 Å². The van der Waals surface area contributed by atoms with Crippen molar-refractivity contribution in [2.45, 2.75) is 70.9 Å². The zero-order valence-electron chi connectivity index (χ0n) is 13.1. The molecule has 0 spiro atoms. The van der Waals surface area contributed by atoms with Gasteiger partial charge < -0.3 is 9.84 Å². The quantitative estimate of drug-likeness (QED) is 0.754. The highest BCUT2D eigenvalue weighted by molar-refractivity contribution is 5.80.